The summed E-state index contributed by atoms with van der Waals surface area (Å²) < 4.78 is 0. The molecule has 1 aliphatic rings. The summed E-state index contributed by atoms with van der Waals surface area (Å²) in [7, 11) is 0. The lowest BCUT2D eigenvalue weighted by Crippen LogP contribution is -2.20. The summed E-state index contributed by atoms with van der Waals surface area (Å²) in [5.74, 6) is -1.45. The van der Waals surface area contributed by atoms with Gasteiger partial charge in [0.2, 0.25) is 11.8 Å². The smallest absolute Gasteiger partial charge is 0.232 e. The maximum Gasteiger partial charge on any atom is 0.232 e. The summed E-state index contributed by atoms with van der Waals surface area (Å²) in [4.78, 5) is 25.5. The summed E-state index contributed by atoms with van der Waals surface area (Å²) in [6.07, 6.45) is 0. The predicted molar refractivity (Wildman–Crippen MR) is 137 cm³/mol. The first-order chi connectivity index (χ1) is 16.6. The molecule has 0 radical (unpaired) electrons. The SMILES string of the molecule is C=C1[C@H](C(=O)Nc2ccc(-c3ccccc3)cc2)[C@@H]1C(=O)Nc1ccc(-c2ccccc2)cc1. The Kier molecular flexibility index (Phi) is 5.79. The van der Waals surface area contributed by atoms with Gasteiger partial charge in [0.05, 0.1) is 11.8 Å². The van der Waals surface area contributed by atoms with Gasteiger partial charge in [0.25, 0.3) is 0 Å². The molecule has 1 fully saturated rings. The highest BCUT2D eigenvalue weighted by atomic mass is 16.2. The van der Waals surface area contributed by atoms with Gasteiger partial charge in [-0.15, -0.1) is 0 Å². The molecular formula is C30H24N2O2. The zero-order chi connectivity index (χ0) is 23.5. The molecule has 34 heavy (non-hydrogen) atoms. The van der Waals surface area contributed by atoms with Crippen molar-refractivity contribution in [2.45, 2.75) is 0 Å². The third-order valence-corrected chi connectivity index (χ3v) is 6.11. The minimum absolute atomic E-state index is 0.211. The molecule has 0 saturated heterocycles. The number of hydrogen-bond donors (Lipinski definition) is 2. The summed E-state index contributed by atoms with van der Waals surface area (Å²) in [5.41, 5.74) is 6.40. The van der Waals surface area contributed by atoms with E-state index in [0.29, 0.717) is 16.9 Å². The highest BCUT2D eigenvalue weighted by Crippen LogP contribution is 2.45. The van der Waals surface area contributed by atoms with E-state index >= 15 is 0 Å². The molecule has 0 spiro atoms. The number of nitrogens with one attached hydrogen (secondary N) is 2. The molecule has 0 heterocycles. The van der Waals surface area contributed by atoms with Crippen LogP contribution in [-0.2, 0) is 9.59 Å². The van der Waals surface area contributed by atoms with Gasteiger partial charge in [0, 0.05) is 11.4 Å². The van der Waals surface area contributed by atoms with E-state index in [9.17, 15) is 9.59 Å². The van der Waals surface area contributed by atoms with E-state index in [4.69, 9.17) is 0 Å². The van der Waals surface area contributed by atoms with Crippen LogP contribution in [0.2, 0.25) is 0 Å². The van der Waals surface area contributed by atoms with Crippen molar-refractivity contribution in [1.29, 1.82) is 0 Å². The lowest BCUT2D eigenvalue weighted by Gasteiger charge is -2.08. The standard InChI is InChI=1S/C30H24N2O2/c1-20-27(29(33)31-25-16-12-23(13-17-25)21-8-4-2-5-9-21)28(20)30(34)32-26-18-14-24(15-19-26)22-10-6-3-7-11-22/h2-19,27-28H,1H2,(H,31,33)(H,32,34)/t27-,28+. The number of rotatable bonds is 6. The van der Waals surface area contributed by atoms with E-state index < -0.39 is 11.8 Å². The lowest BCUT2D eigenvalue weighted by molar-refractivity contribution is -0.122. The van der Waals surface area contributed by atoms with Crippen LogP contribution in [0.3, 0.4) is 0 Å². The molecule has 2 N–H and O–H groups in total. The van der Waals surface area contributed by atoms with Crippen LogP contribution >= 0.6 is 0 Å². The number of amides is 2. The van der Waals surface area contributed by atoms with Crippen LogP contribution < -0.4 is 10.6 Å². The van der Waals surface area contributed by atoms with Crippen molar-refractivity contribution >= 4 is 23.2 Å². The lowest BCUT2D eigenvalue weighted by atomic mass is 10.1. The van der Waals surface area contributed by atoms with Crippen molar-refractivity contribution in [3.8, 4) is 22.3 Å². The van der Waals surface area contributed by atoms with E-state index in [1.165, 1.54) is 0 Å². The topological polar surface area (TPSA) is 58.2 Å². The van der Waals surface area contributed by atoms with Gasteiger partial charge < -0.3 is 10.6 Å². The van der Waals surface area contributed by atoms with Crippen molar-refractivity contribution in [1.82, 2.24) is 0 Å². The van der Waals surface area contributed by atoms with Gasteiger partial charge in [-0.25, -0.2) is 0 Å². The molecule has 4 aromatic carbocycles. The van der Waals surface area contributed by atoms with E-state index in [1.54, 1.807) is 0 Å². The van der Waals surface area contributed by atoms with Crippen LogP contribution in [0.4, 0.5) is 11.4 Å². The van der Waals surface area contributed by atoms with E-state index in [2.05, 4.69) is 17.2 Å². The summed E-state index contributed by atoms with van der Waals surface area (Å²) >= 11 is 0. The molecule has 0 bridgehead atoms. The first-order valence-electron chi connectivity index (χ1n) is 11.2. The first kappa shape index (κ1) is 21.4. The number of carbonyl (C=O) groups is 2. The molecule has 5 rings (SSSR count). The minimum atomic E-state index is -0.516. The van der Waals surface area contributed by atoms with E-state index in [-0.39, 0.29) is 11.8 Å². The second kappa shape index (κ2) is 9.20. The van der Waals surface area contributed by atoms with Crippen LogP contribution in [0.15, 0.2) is 121 Å². The third kappa shape index (κ3) is 4.52. The maximum atomic E-state index is 12.8. The molecule has 1 saturated carbocycles. The minimum Gasteiger partial charge on any atom is -0.326 e. The van der Waals surface area contributed by atoms with Crippen LogP contribution in [0, 0.1) is 11.8 Å². The predicted octanol–water partition coefficient (Wildman–Crippen LogP) is 6.40. The zero-order valence-electron chi connectivity index (χ0n) is 18.6. The summed E-state index contributed by atoms with van der Waals surface area (Å²) in [6.45, 7) is 3.94. The Labute approximate surface area is 199 Å². The Bertz CT molecular complexity index is 1220. The normalized spacial score (nSPS) is 16.5. The van der Waals surface area contributed by atoms with Crippen molar-refractivity contribution in [3.63, 3.8) is 0 Å². The van der Waals surface area contributed by atoms with Gasteiger partial charge in [0.1, 0.15) is 0 Å². The van der Waals surface area contributed by atoms with Gasteiger partial charge in [0.15, 0.2) is 0 Å². The molecular weight excluding hydrogens is 420 g/mol. The Hall–Kier alpha value is -4.44. The number of benzene rings is 4. The van der Waals surface area contributed by atoms with Gasteiger partial charge in [-0.05, 0) is 46.5 Å². The van der Waals surface area contributed by atoms with E-state index in [0.717, 1.165) is 22.3 Å². The summed E-state index contributed by atoms with van der Waals surface area (Å²) in [5, 5.41) is 5.82. The fourth-order valence-electron chi connectivity index (χ4n) is 4.15. The molecule has 4 heteroatoms. The third-order valence-electron chi connectivity index (χ3n) is 6.11. The fourth-order valence-corrected chi connectivity index (χ4v) is 4.15. The van der Waals surface area contributed by atoms with Crippen LogP contribution in [0.1, 0.15) is 0 Å². The summed E-state index contributed by atoms with van der Waals surface area (Å²) in [6, 6.07) is 35.4. The van der Waals surface area contributed by atoms with Crippen molar-refractivity contribution in [2.24, 2.45) is 11.8 Å². The molecule has 2 amide bonds. The molecule has 0 unspecified atom stereocenters. The molecule has 0 aromatic heterocycles. The van der Waals surface area contributed by atoms with Gasteiger partial charge in [-0.3, -0.25) is 9.59 Å². The van der Waals surface area contributed by atoms with Crippen LogP contribution in [-0.4, -0.2) is 11.8 Å². The number of hydrogen-bond acceptors (Lipinski definition) is 2. The Morgan fingerprint density at radius 2 is 0.824 bits per heavy atom. The average Bonchev–Trinajstić information content (AvgIpc) is 3.57. The molecule has 166 valence electrons. The van der Waals surface area contributed by atoms with Crippen LogP contribution in [0.25, 0.3) is 22.3 Å². The number of carbonyl (C=O) groups excluding carboxylic acids is 2. The highest BCUT2D eigenvalue weighted by molar-refractivity contribution is 6.08. The second-order valence-corrected chi connectivity index (χ2v) is 8.40. The first-order valence-corrected chi connectivity index (χ1v) is 11.2. The Morgan fingerprint density at radius 1 is 0.500 bits per heavy atom. The van der Waals surface area contributed by atoms with Crippen molar-refractivity contribution in [2.75, 3.05) is 10.6 Å². The molecule has 1 aliphatic carbocycles. The zero-order valence-corrected chi connectivity index (χ0v) is 18.6. The Balaban J connectivity index is 1.18. The van der Waals surface area contributed by atoms with Crippen molar-refractivity contribution < 1.29 is 9.59 Å². The largest absolute Gasteiger partial charge is 0.326 e. The van der Waals surface area contributed by atoms with Crippen LogP contribution in [0.5, 0.6) is 0 Å². The Morgan fingerprint density at radius 3 is 1.18 bits per heavy atom. The highest BCUT2D eigenvalue weighted by Gasteiger charge is 2.52. The average molecular weight is 445 g/mol. The van der Waals surface area contributed by atoms with Gasteiger partial charge >= 0.3 is 0 Å². The molecule has 0 aliphatic heterocycles. The van der Waals surface area contributed by atoms with Gasteiger partial charge in [-0.2, -0.15) is 0 Å². The number of anilines is 2. The molecule has 4 aromatic rings. The molecule has 4 nitrogen and oxygen atoms in total. The van der Waals surface area contributed by atoms with Gasteiger partial charge in [-0.1, -0.05) is 97.1 Å². The monoisotopic (exact) mass is 444 g/mol. The quantitative estimate of drug-likeness (QED) is 0.338. The maximum absolute atomic E-state index is 12.8. The fraction of sp³-hybridized carbons (Fsp3) is 0.0667. The second-order valence-electron chi connectivity index (χ2n) is 8.40. The molecule has 2 atom stereocenters. The van der Waals surface area contributed by atoms with Crippen molar-refractivity contribution in [3.05, 3.63) is 121 Å². The van der Waals surface area contributed by atoms with E-state index in [1.807, 2.05) is 109 Å².